The molecule has 0 aliphatic carbocycles. The van der Waals surface area contributed by atoms with Crippen LogP contribution in [0.4, 0.5) is 5.82 Å². The minimum absolute atomic E-state index is 0.371. The molecule has 160 valence electrons. The number of carboxylic acid groups (broad SMARTS) is 1. The molecule has 0 spiro atoms. The number of nitrogens with zero attached hydrogens (tertiary/aromatic N) is 1. The number of nitrogens with one attached hydrogen (secondary N) is 1. The fourth-order valence-corrected chi connectivity index (χ4v) is 3.40. The smallest absolute Gasteiger partial charge is 0.326 e. The third-order valence-electron chi connectivity index (χ3n) is 5.10. The van der Waals surface area contributed by atoms with Crippen molar-refractivity contribution in [3.8, 4) is 16.9 Å². The lowest BCUT2D eigenvalue weighted by atomic mass is 10.1. The zero-order chi connectivity index (χ0) is 22.2. The first-order valence-electron chi connectivity index (χ1n) is 10.4. The quantitative estimate of drug-likeness (QED) is 0.375. The number of aromatic nitrogens is 1. The first-order chi connectivity index (χ1) is 15.7. The maximum Gasteiger partial charge on any atom is 0.326 e. The second kappa shape index (κ2) is 10.3. The van der Waals surface area contributed by atoms with E-state index in [2.05, 4.69) is 10.3 Å². The molecular formula is C27H24N2O3. The van der Waals surface area contributed by atoms with Gasteiger partial charge in [0.15, 0.2) is 0 Å². The van der Waals surface area contributed by atoms with E-state index in [1.807, 2.05) is 97.1 Å². The molecule has 1 atom stereocenters. The highest BCUT2D eigenvalue weighted by Gasteiger charge is 2.18. The van der Waals surface area contributed by atoms with Crippen LogP contribution in [0.5, 0.6) is 5.75 Å². The van der Waals surface area contributed by atoms with Crippen LogP contribution in [0.3, 0.4) is 0 Å². The molecule has 1 unspecified atom stereocenters. The van der Waals surface area contributed by atoms with Crippen molar-refractivity contribution < 1.29 is 14.6 Å². The lowest BCUT2D eigenvalue weighted by Crippen LogP contribution is -2.31. The van der Waals surface area contributed by atoms with Crippen molar-refractivity contribution in [1.82, 2.24) is 4.98 Å². The van der Waals surface area contributed by atoms with Crippen molar-refractivity contribution in [3.63, 3.8) is 0 Å². The largest absolute Gasteiger partial charge is 0.489 e. The molecule has 4 rings (SSSR count). The molecule has 3 aromatic carbocycles. The van der Waals surface area contributed by atoms with E-state index in [0.717, 1.165) is 28.0 Å². The fraction of sp³-hybridized carbons (Fsp3) is 0.111. The van der Waals surface area contributed by atoms with E-state index in [1.54, 1.807) is 6.20 Å². The second-order valence-corrected chi connectivity index (χ2v) is 7.45. The Morgan fingerprint density at radius 1 is 0.844 bits per heavy atom. The Balaban J connectivity index is 1.43. The minimum atomic E-state index is -0.916. The molecule has 0 aliphatic rings. The Labute approximate surface area is 187 Å². The SMILES string of the molecule is O=C(O)C(Cc1ccccc1)Nc1cc(-c2ccc(OCc3ccccc3)cc2)ccn1. The summed E-state index contributed by atoms with van der Waals surface area (Å²) in [4.78, 5) is 16.1. The van der Waals surface area contributed by atoms with E-state index >= 15 is 0 Å². The van der Waals surface area contributed by atoms with Crippen molar-refractivity contribution >= 4 is 11.8 Å². The van der Waals surface area contributed by atoms with Crippen LogP contribution in [0, 0.1) is 0 Å². The third-order valence-corrected chi connectivity index (χ3v) is 5.10. The summed E-state index contributed by atoms with van der Waals surface area (Å²) in [5.41, 5.74) is 4.01. The summed E-state index contributed by atoms with van der Waals surface area (Å²) < 4.78 is 5.85. The summed E-state index contributed by atoms with van der Waals surface area (Å²) in [6.45, 7) is 0.515. The number of hydrogen-bond acceptors (Lipinski definition) is 4. The highest BCUT2D eigenvalue weighted by atomic mass is 16.5. The number of hydrogen-bond donors (Lipinski definition) is 2. The van der Waals surface area contributed by atoms with Gasteiger partial charge in [-0.15, -0.1) is 0 Å². The predicted molar refractivity (Wildman–Crippen MR) is 126 cm³/mol. The molecule has 5 heteroatoms. The fourth-order valence-electron chi connectivity index (χ4n) is 3.40. The zero-order valence-electron chi connectivity index (χ0n) is 17.5. The van der Waals surface area contributed by atoms with E-state index < -0.39 is 12.0 Å². The Morgan fingerprint density at radius 2 is 1.50 bits per heavy atom. The van der Waals surface area contributed by atoms with Gasteiger partial charge < -0.3 is 15.2 Å². The van der Waals surface area contributed by atoms with E-state index in [-0.39, 0.29) is 0 Å². The first-order valence-corrected chi connectivity index (χ1v) is 10.4. The van der Waals surface area contributed by atoms with E-state index in [9.17, 15) is 9.90 Å². The second-order valence-electron chi connectivity index (χ2n) is 7.45. The van der Waals surface area contributed by atoms with Crippen LogP contribution < -0.4 is 10.1 Å². The molecule has 0 aliphatic heterocycles. The van der Waals surface area contributed by atoms with Gasteiger partial charge in [0.2, 0.25) is 0 Å². The molecule has 0 saturated heterocycles. The Morgan fingerprint density at radius 3 is 2.16 bits per heavy atom. The van der Waals surface area contributed by atoms with Crippen LogP contribution in [-0.2, 0) is 17.8 Å². The molecule has 4 aromatic rings. The molecule has 0 bridgehead atoms. The van der Waals surface area contributed by atoms with Crippen LogP contribution >= 0.6 is 0 Å². The van der Waals surface area contributed by atoms with Crippen LogP contribution in [0.25, 0.3) is 11.1 Å². The molecule has 0 fully saturated rings. The van der Waals surface area contributed by atoms with E-state index in [0.29, 0.717) is 18.8 Å². The number of anilines is 1. The number of aliphatic carboxylic acids is 1. The highest BCUT2D eigenvalue weighted by Crippen LogP contribution is 2.25. The molecule has 2 N–H and O–H groups in total. The lowest BCUT2D eigenvalue weighted by molar-refractivity contribution is -0.137. The first kappa shape index (κ1) is 21.1. The highest BCUT2D eigenvalue weighted by molar-refractivity contribution is 5.78. The summed E-state index contributed by atoms with van der Waals surface area (Å²) >= 11 is 0. The minimum Gasteiger partial charge on any atom is -0.489 e. The molecule has 5 nitrogen and oxygen atoms in total. The average molecular weight is 425 g/mol. The average Bonchev–Trinajstić information content (AvgIpc) is 2.84. The van der Waals surface area contributed by atoms with Crippen LogP contribution in [-0.4, -0.2) is 22.1 Å². The summed E-state index contributed by atoms with van der Waals surface area (Å²) in [6, 6.07) is 30.4. The van der Waals surface area contributed by atoms with Gasteiger partial charge in [-0.05, 0) is 46.5 Å². The number of rotatable bonds is 9. The van der Waals surface area contributed by atoms with E-state index in [1.165, 1.54) is 0 Å². The monoisotopic (exact) mass is 424 g/mol. The van der Waals surface area contributed by atoms with Crippen molar-refractivity contribution in [2.45, 2.75) is 19.1 Å². The van der Waals surface area contributed by atoms with Crippen molar-refractivity contribution in [3.05, 3.63) is 114 Å². The maximum atomic E-state index is 11.8. The number of ether oxygens (including phenoxy) is 1. The van der Waals surface area contributed by atoms with Gasteiger partial charge in [-0.3, -0.25) is 0 Å². The zero-order valence-corrected chi connectivity index (χ0v) is 17.5. The van der Waals surface area contributed by atoms with Gasteiger partial charge in [-0.1, -0.05) is 72.8 Å². The van der Waals surface area contributed by atoms with Gasteiger partial charge in [0.1, 0.15) is 24.2 Å². The van der Waals surface area contributed by atoms with Gasteiger partial charge >= 0.3 is 5.97 Å². The van der Waals surface area contributed by atoms with Crippen LogP contribution in [0.15, 0.2) is 103 Å². The molecule has 1 aromatic heterocycles. The Bertz CT molecular complexity index is 1150. The lowest BCUT2D eigenvalue weighted by Gasteiger charge is -2.16. The number of carbonyl (C=O) groups is 1. The summed E-state index contributed by atoms with van der Waals surface area (Å²) in [5.74, 6) is 0.398. The topological polar surface area (TPSA) is 71.5 Å². The van der Waals surface area contributed by atoms with Gasteiger partial charge in [0.05, 0.1) is 0 Å². The molecular weight excluding hydrogens is 400 g/mol. The van der Waals surface area contributed by atoms with Crippen molar-refractivity contribution in [1.29, 1.82) is 0 Å². The van der Waals surface area contributed by atoms with Crippen LogP contribution in [0.2, 0.25) is 0 Å². The molecule has 32 heavy (non-hydrogen) atoms. The standard InChI is InChI=1S/C27H24N2O3/c30-27(31)25(17-20-7-3-1-4-8-20)29-26-18-23(15-16-28-26)22-11-13-24(14-12-22)32-19-21-9-5-2-6-10-21/h1-16,18,25H,17,19H2,(H,28,29)(H,30,31). The van der Waals surface area contributed by atoms with Gasteiger partial charge in [0.25, 0.3) is 0 Å². The number of pyridine rings is 1. The Kier molecular flexibility index (Phi) is 6.78. The normalized spacial score (nSPS) is 11.5. The molecule has 0 amide bonds. The third kappa shape index (κ3) is 5.73. The summed E-state index contributed by atoms with van der Waals surface area (Å²) in [6.07, 6.45) is 2.05. The predicted octanol–water partition coefficient (Wildman–Crippen LogP) is 5.44. The number of benzene rings is 3. The van der Waals surface area contributed by atoms with Gasteiger partial charge in [-0.2, -0.15) is 0 Å². The molecule has 0 radical (unpaired) electrons. The van der Waals surface area contributed by atoms with Gasteiger partial charge in [0, 0.05) is 12.6 Å². The number of carboxylic acids is 1. The van der Waals surface area contributed by atoms with Crippen molar-refractivity contribution in [2.24, 2.45) is 0 Å². The summed E-state index contributed by atoms with van der Waals surface area (Å²) in [5, 5.41) is 12.7. The van der Waals surface area contributed by atoms with Crippen LogP contribution in [0.1, 0.15) is 11.1 Å². The van der Waals surface area contributed by atoms with Gasteiger partial charge in [-0.25, -0.2) is 9.78 Å². The molecule has 1 heterocycles. The molecule has 0 saturated carbocycles. The van der Waals surface area contributed by atoms with Crippen molar-refractivity contribution in [2.75, 3.05) is 5.32 Å². The summed E-state index contributed by atoms with van der Waals surface area (Å²) in [7, 11) is 0. The Hall–Kier alpha value is -4.12. The maximum absolute atomic E-state index is 11.8. The van der Waals surface area contributed by atoms with E-state index in [4.69, 9.17) is 4.74 Å².